The van der Waals surface area contributed by atoms with Crippen molar-refractivity contribution >= 4 is 22.5 Å². The summed E-state index contributed by atoms with van der Waals surface area (Å²) in [5.41, 5.74) is -4.96. The van der Waals surface area contributed by atoms with E-state index in [4.69, 9.17) is 16.9 Å². The van der Waals surface area contributed by atoms with Crippen molar-refractivity contribution in [2.75, 3.05) is 0 Å². The Morgan fingerprint density at radius 3 is 2.33 bits per heavy atom. The van der Waals surface area contributed by atoms with Gasteiger partial charge in [-0.05, 0) is 17.7 Å². The van der Waals surface area contributed by atoms with E-state index in [0.29, 0.717) is 12.1 Å². The molecule has 0 fully saturated rings. The van der Waals surface area contributed by atoms with Gasteiger partial charge in [0.15, 0.2) is 0 Å². The molecule has 1 aromatic carbocycles. The Morgan fingerprint density at radius 1 is 1.44 bits per heavy atom. The molecule has 0 saturated carbocycles. The van der Waals surface area contributed by atoms with Crippen LogP contribution in [0.25, 0.3) is 0 Å². The van der Waals surface area contributed by atoms with Crippen LogP contribution in [0, 0.1) is 21.4 Å². The van der Waals surface area contributed by atoms with Crippen LogP contribution < -0.4 is 0 Å². The van der Waals surface area contributed by atoms with Gasteiger partial charge in [0.2, 0.25) is 0 Å². The molecule has 0 spiro atoms. The average molecular weight is 279 g/mol. The van der Waals surface area contributed by atoms with Crippen molar-refractivity contribution < 1.29 is 22.9 Å². The van der Waals surface area contributed by atoms with Gasteiger partial charge in [0.1, 0.15) is 11.6 Å². The van der Waals surface area contributed by atoms with E-state index in [-0.39, 0.29) is 0 Å². The molecule has 0 atom stereocenters. The number of rotatable bonds is 2. The summed E-state index contributed by atoms with van der Waals surface area (Å²) in [6.07, 6.45) is -5.10. The van der Waals surface area contributed by atoms with Crippen LogP contribution in [-0.4, -0.2) is 10.2 Å². The number of hydrogen-bond donors (Lipinski definition) is 0. The summed E-state index contributed by atoms with van der Waals surface area (Å²) in [5, 5.41) is 17.7. The van der Waals surface area contributed by atoms with Gasteiger partial charge in [-0.25, -0.2) is 0 Å². The quantitative estimate of drug-likeness (QED) is 0.473. The molecule has 9 heteroatoms. The molecule has 18 heavy (non-hydrogen) atoms. The molecule has 94 valence electrons. The van der Waals surface area contributed by atoms with E-state index in [1.807, 2.05) is 0 Å². The van der Waals surface area contributed by atoms with E-state index in [0.717, 1.165) is 6.07 Å². The van der Waals surface area contributed by atoms with Crippen molar-refractivity contribution in [2.45, 2.75) is 6.18 Å². The van der Waals surface area contributed by atoms with Crippen molar-refractivity contribution in [1.29, 1.82) is 5.26 Å². The Kier molecular flexibility index (Phi) is 3.57. The highest BCUT2D eigenvalue weighted by Crippen LogP contribution is 2.38. The molecule has 0 aliphatic carbocycles. The van der Waals surface area contributed by atoms with E-state index >= 15 is 0 Å². The maximum absolute atomic E-state index is 12.7. The maximum Gasteiger partial charge on any atom is 0.418 e. The van der Waals surface area contributed by atoms with Gasteiger partial charge in [-0.1, -0.05) is 0 Å². The zero-order valence-corrected chi connectivity index (χ0v) is 9.04. The van der Waals surface area contributed by atoms with E-state index in [1.165, 1.54) is 0 Å². The van der Waals surface area contributed by atoms with Crippen LogP contribution in [0.1, 0.15) is 21.5 Å². The molecule has 0 aliphatic rings. The number of nitro groups is 1. The Bertz CT molecular complexity index is 578. The van der Waals surface area contributed by atoms with Gasteiger partial charge in [-0.3, -0.25) is 14.9 Å². The molecule has 1 aromatic rings. The van der Waals surface area contributed by atoms with Crippen LogP contribution in [0.3, 0.4) is 0 Å². The molecule has 5 nitrogen and oxygen atoms in total. The van der Waals surface area contributed by atoms with E-state index in [1.54, 1.807) is 0 Å². The number of alkyl halides is 3. The summed E-state index contributed by atoms with van der Waals surface area (Å²) in [4.78, 5) is 20.2. The lowest BCUT2D eigenvalue weighted by molar-refractivity contribution is -0.385. The highest BCUT2D eigenvalue weighted by atomic mass is 35.5. The molecule has 0 saturated heterocycles. The first-order chi connectivity index (χ1) is 8.20. The SMILES string of the molecule is N#Cc1c([N+](=O)[O-])ccc(C(=O)Cl)c1C(F)(F)F. The first-order valence-electron chi connectivity index (χ1n) is 4.18. The second kappa shape index (κ2) is 4.62. The summed E-state index contributed by atoms with van der Waals surface area (Å²) in [6.45, 7) is 0. The summed E-state index contributed by atoms with van der Waals surface area (Å²) in [7, 11) is 0. The summed E-state index contributed by atoms with van der Waals surface area (Å²) in [6, 6.07) is 2.27. The van der Waals surface area contributed by atoms with Gasteiger partial charge in [-0.15, -0.1) is 0 Å². The smallest absolute Gasteiger partial charge is 0.276 e. The molecule has 0 heterocycles. The minimum absolute atomic E-state index is 0.567. The number of nitro benzene ring substituents is 1. The maximum atomic E-state index is 12.7. The second-order valence-corrected chi connectivity index (χ2v) is 3.37. The summed E-state index contributed by atoms with van der Waals surface area (Å²) >= 11 is 4.96. The van der Waals surface area contributed by atoms with Gasteiger partial charge < -0.3 is 0 Å². The molecule has 0 unspecified atom stereocenters. The van der Waals surface area contributed by atoms with Gasteiger partial charge >= 0.3 is 6.18 Å². The van der Waals surface area contributed by atoms with Crippen LogP contribution in [0.2, 0.25) is 0 Å². The lowest BCUT2D eigenvalue weighted by Crippen LogP contribution is -2.15. The van der Waals surface area contributed by atoms with Crippen LogP contribution >= 0.6 is 11.6 Å². The minimum Gasteiger partial charge on any atom is -0.276 e. The van der Waals surface area contributed by atoms with Crippen molar-refractivity contribution in [3.8, 4) is 6.07 Å². The van der Waals surface area contributed by atoms with E-state index in [9.17, 15) is 28.1 Å². The number of halogens is 4. The Morgan fingerprint density at radius 2 is 2.00 bits per heavy atom. The van der Waals surface area contributed by atoms with Gasteiger partial charge in [0.25, 0.3) is 10.9 Å². The zero-order valence-electron chi connectivity index (χ0n) is 8.29. The lowest BCUT2D eigenvalue weighted by Gasteiger charge is -2.11. The average Bonchev–Trinajstić information content (AvgIpc) is 2.25. The third kappa shape index (κ3) is 2.41. The topological polar surface area (TPSA) is 84.0 Å². The number of hydrogen-bond acceptors (Lipinski definition) is 4. The first kappa shape index (κ1) is 13.9. The zero-order chi connectivity index (χ0) is 14.1. The van der Waals surface area contributed by atoms with Gasteiger partial charge in [0, 0.05) is 11.6 Å². The molecule has 0 radical (unpaired) electrons. The molecular weight excluding hydrogens is 277 g/mol. The lowest BCUT2D eigenvalue weighted by atomic mass is 10.00. The molecule has 0 bridgehead atoms. The number of benzene rings is 1. The fourth-order valence-electron chi connectivity index (χ4n) is 1.32. The van der Waals surface area contributed by atoms with Gasteiger partial charge in [0.05, 0.1) is 10.5 Å². The van der Waals surface area contributed by atoms with Crippen molar-refractivity contribution in [2.24, 2.45) is 0 Å². The van der Waals surface area contributed by atoms with Crippen LogP contribution in [0.15, 0.2) is 12.1 Å². The molecule has 1 rings (SSSR count). The van der Waals surface area contributed by atoms with Crippen molar-refractivity contribution in [1.82, 2.24) is 0 Å². The van der Waals surface area contributed by atoms with Crippen molar-refractivity contribution in [3.63, 3.8) is 0 Å². The normalized spacial score (nSPS) is 10.8. The molecule has 0 amide bonds. The van der Waals surface area contributed by atoms with E-state index < -0.39 is 38.7 Å². The molecule has 0 aromatic heterocycles. The fraction of sp³-hybridized carbons (Fsp3) is 0.111. The Labute approximate surface area is 103 Å². The largest absolute Gasteiger partial charge is 0.418 e. The first-order valence-corrected chi connectivity index (χ1v) is 4.56. The number of carbonyl (C=O) groups excluding carboxylic acids is 1. The summed E-state index contributed by atoms with van der Waals surface area (Å²) in [5.74, 6) is 0. The van der Waals surface area contributed by atoms with E-state index in [2.05, 4.69) is 0 Å². The summed E-state index contributed by atoms with van der Waals surface area (Å²) < 4.78 is 38.1. The van der Waals surface area contributed by atoms with Crippen LogP contribution in [-0.2, 0) is 6.18 Å². The predicted octanol–water partition coefficient (Wildman–Crippen LogP) is 2.86. The predicted molar refractivity (Wildman–Crippen MR) is 53.0 cm³/mol. The standard InChI is InChI=1S/C9H2ClF3N2O3/c10-8(16)4-1-2-6(15(17)18)5(3-14)7(4)9(11,12)13/h1-2H. The second-order valence-electron chi connectivity index (χ2n) is 3.02. The molecule has 0 aliphatic heterocycles. The minimum atomic E-state index is -5.10. The fourth-order valence-corrected chi connectivity index (χ4v) is 1.47. The monoisotopic (exact) mass is 278 g/mol. The third-order valence-electron chi connectivity index (χ3n) is 1.99. The number of nitrogens with zero attached hydrogens (tertiary/aromatic N) is 2. The van der Waals surface area contributed by atoms with Gasteiger partial charge in [-0.2, -0.15) is 18.4 Å². The molecular formula is C9H2ClF3N2O3. The van der Waals surface area contributed by atoms with Crippen LogP contribution in [0.4, 0.5) is 18.9 Å². The Balaban J connectivity index is 3.80. The van der Waals surface area contributed by atoms with Crippen molar-refractivity contribution in [3.05, 3.63) is 38.9 Å². The van der Waals surface area contributed by atoms with Crippen LogP contribution in [0.5, 0.6) is 0 Å². The third-order valence-corrected chi connectivity index (χ3v) is 2.19. The Hall–Kier alpha value is -2.14. The number of nitriles is 1. The number of carbonyl (C=O) groups is 1. The highest BCUT2D eigenvalue weighted by Gasteiger charge is 2.41. The highest BCUT2D eigenvalue weighted by molar-refractivity contribution is 6.68. The molecule has 0 N–H and O–H groups in total.